The highest BCUT2D eigenvalue weighted by Gasteiger charge is 2.22. The molecular formula is C11H13BrFNOSi. The van der Waals surface area contributed by atoms with Gasteiger partial charge in [-0.15, -0.1) is 0 Å². The van der Waals surface area contributed by atoms with Crippen LogP contribution in [0.15, 0.2) is 22.7 Å². The lowest BCUT2D eigenvalue weighted by Gasteiger charge is -2.21. The van der Waals surface area contributed by atoms with Crippen LogP contribution in [0.25, 0.3) is 0 Å². The molecule has 0 aromatic heterocycles. The Labute approximate surface area is 104 Å². The fraction of sp³-hybridized carbons (Fsp3) is 0.364. The summed E-state index contributed by atoms with van der Waals surface area (Å²) in [5.74, 6) is -0.378. The molecule has 1 unspecified atom stereocenters. The molecule has 5 heteroatoms. The van der Waals surface area contributed by atoms with Gasteiger partial charge in [-0.2, -0.15) is 5.26 Å². The maximum Gasteiger partial charge on any atom is 0.186 e. The van der Waals surface area contributed by atoms with E-state index >= 15 is 0 Å². The Morgan fingerprint density at radius 1 is 1.44 bits per heavy atom. The largest absolute Gasteiger partial charge is 0.399 e. The van der Waals surface area contributed by atoms with Crippen LogP contribution in [0, 0.1) is 17.1 Å². The number of nitriles is 1. The van der Waals surface area contributed by atoms with Gasteiger partial charge < -0.3 is 4.43 Å². The highest BCUT2D eigenvalue weighted by Crippen LogP contribution is 2.25. The third kappa shape index (κ3) is 3.70. The first kappa shape index (κ1) is 13.4. The van der Waals surface area contributed by atoms with Crippen LogP contribution in [0.3, 0.4) is 0 Å². The molecule has 1 aromatic carbocycles. The average Bonchev–Trinajstić information content (AvgIpc) is 2.17. The zero-order valence-corrected chi connectivity index (χ0v) is 12.0. The standard InChI is InChI=1S/C11H13BrFNOSi/c1-16(2,3)15-11(7-14)8-4-5-9(12)10(13)6-8/h4-6,11H,1-3H3. The summed E-state index contributed by atoms with van der Waals surface area (Å²) in [4.78, 5) is 0. The van der Waals surface area contributed by atoms with Crippen LogP contribution in [-0.2, 0) is 4.43 Å². The SMILES string of the molecule is C[Si](C)(C)OC(C#N)c1ccc(Br)c(F)c1. The highest BCUT2D eigenvalue weighted by atomic mass is 79.9. The van der Waals surface area contributed by atoms with Crippen molar-refractivity contribution in [2.75, 3.05) is 0 Å². The summed E-state index contributed by atoms with van der Waals surface area (Å²) in [6.45, 7) is 5.98. The van der Waals surface area contributed by atoms with Crippen molar-refractivity contribution in [3.8, 4) is 6.07 Å². The molecule has 1 aromatic rings. The number of halogens is 2. The first-order valence-electron chi connectivity index (χ1n) is 4.86. The van der Waals surface area contributed by atoms with E-state index < -0.39 is 14.4 Å². The number of hydrogen-bond donors (Lipinski definition) is 0. The molecule has 16 heavy (non-hydrogen) atoms. The Morgan fingerprint density at radius 3 is 2.50 bits per heavy atom. The number of hydrogen-bond acceptors (Lipinski definition) is 2. The lowest BCUT2D eigenvalue weighted by Crippen LogP contribution is -2.27. The van der Waals surface area contributed by atoms with Gasteiger partial charge in [0.25, 0.3) is 0 Å². The first-order chi connectivity index (χ1) is 7.33. The molecule has 0 bridgehead atoms. The molecule has 86 valence electrons. The van der Waals surface area contributed by atoms with Crippen LogP contribution in [0.2, 0.25) is 19.6 Å². The maximum atomic E-state index is 13.3. The predicted octanol–water partition coefficient (Wildman–Crippen LogP) is 4.00. The Balaban J connectivity index is 2.97. The summed E-state index contributed by atoms with van der Waals surface area (Å²) in [5.41, 5.74) is 0.561. The molecule has 0 fully saturated rings. The van der Waals surface area contributed by atoms with Crippen molar-refractivity contribution >= 4 is 24.2 Å². The summed E-state index contributed by atoms with van der Waals surface area (Å²) >= 11 is 3.07. The van der Waals surface area contributed by atoms with E-state index in [1.807, 2.05) is 19.6 Å². The fourth-order valence-electron chi connectivity index (χ4n) is 1.20. The maximum absolute atomic E-state index is 13.3. The molecule has 0 aliphatic rings. The number of benzene rings is 1. The van der Waals surface area contributed by atoms with Gasteiger partial charge in [-0.1, -0.05) is 6.07 Å². The van der Waals surface area contributed by atoms with Gasteiger partial charge in [0.2, 0.25) is 0 Å². The van der Waals surface area contributed by atoms with Crippen molar-refractivity contribution in [1.29, 1.82) is 5.26 Å². The Hall–Kier alpha value is -0.703. The van der Waals surface area contributed by atoms with Crippen molar-refractivity contribution in [1.82, 2.24) is 0 Å². The molecular weight excluding hydrogens is 289 g/mol. The predicted molar refractivity (Wildman–Crippen MR) is 66.9 cm³/mol. The third-order valence-electron chi connectivity index (χ3n) is 1.84. The average molecular weight is 302 g/mol. The molecule has 0 radical (unpaired) electrons. The second-order valence-corrected chi connectivity index (χ2v) is 9.73. The Bertz CT molecular complexity index is 425. The first-order valence-corrected chi connectivity index (χ1v) is 9.06. The van der Waals surface area contributed by atoms with E-state index in [0.717, 1.165) is 0 Å². The van der Waals surface area contributed by atoms with Gasteiger partial charge in [-0.25, -0.2) is 4.39 Å². The zero-order valence-electron chi connectivity index (χ0n) is 9.42. The Morgan fingerprint density at radius 2 is 2.06 bits per heavy atom. The molecule has 1 rings (SSSR count). The van der Waals surface area contributed by atoms with E-state index in [1.165, 1.54) is 6.07 Å². The second kappa shape index (κ2) is 5.08. The molecule has 0 N–H and O–H groups in total. The van der Waals surface area contributed by atoms with Crippen molar-refractivity contribution in [3.05, 3.63) is 34.1 Å². The monoisotopic (exact) mass is 301 g/mol. The van der Waals surface area contributed by atoms with Gasteiger partial charge in [0, 0.05) is 0 Å². The molecule has 0 spiro atoms. The molecule has 1 atom stereocenters. The lowest BCUT2D eigenvalue weighted by atomic mass is 10.1. The molecule has 0 saturated carbocycles. The van der Waals surface area contributed by atoms with E-state index in [0.29, 0.717) is 10.0 Å². The fourth-order valence-corrected chi connectivity index (χ4v) is 2.34. The minimum absolute atomic E-state index is 0.378. The van der Waals surface area contributed by atoms with Crippen LogP contribution in [-0.4, -0.2) is 8.32 Å². The normalized spacial score (nSPS) is 13.2. The zero-order chi connectivity index (χ0) is 12.3. The van der Waals surface area contributed by atoms with Crippen LogP contribution in [0.4, 0.5) is 4.39 Å². The van der Waals surface area contributed by atoms with E-state index in [2.05, 4.69) is 22.0 Å². The van der Waals surface area contributed by atoms with Crippen molar-refractivity contribution in [2.24, 2.45) is 0 Å². The second-order valence-electron chi connectivity index (χ2n) is 4.41. The quantitative estimate of drug-likeness (QED) is 0.791. The van der Waals surface area contributed by atoms with Gasteiger partial charge in [-0.05, 0) is 53.3 Å². The van der Waals surface area contributed by atoms with Crippen LogP contribution >= 0.6 is 15.9 Å². The number of rotatable bonds is 3. The summed E-state index contributed by atoms with van der Waals surface area (Å²) in [6, 6.07) is 6.67. The van der Waals surface area contributed by atoms with E-state index in [9.17, 15) is 4.39 Å². The molecule has 0 aliphatic heterocycles. The van der Waals surface area contributed by atoms with Crippen LogP contribution in [0.1, 0.15) is 11.7 Å². The van der Waals surface area contributed by atoms with Gasteiger partial charge >= 0.3 is 0 Å². The van der Waals surface area contributed by atoms with Gasteiger partial charge in [0.05, 0.1) is 10.5 Å². The molecule has 0 saturated heterocycles. The highest BCUT2D eigenvalue weighted by molar-refractivity contribution is 9.10. The Kier molecular flexibility index (Phi) is 4.25. The smallest absolute Gasteiger partial charge is 0.186 e. The molecule has 2 nitrogen and oxygen atoms in total. The van der Waals surface area contributed by atoms with Gasteiger partial charge in [0.15, 0.2) is 14.4 Å². The minimum atomic E-state index is -1.81. The van der Waals surface area contributed by atoms with Gasteiger partial charge in [-0.3, -0.25) is 0 Å². The van der Waals surface area contributed by atoms with Crippen molar-refractivity contribution in [2.45, 2.75) is 25.7 Å². The van der Waals surface area contributed by atoms with E-state index in [1.54, 1.807) is 12.1 Å². The van der Waals surface area contributed by atoms with Gasteiger partial charge in [0.1, 0.15) is 5.82 Å². The molecule has 0 heterocycles. The lowest BCUT2D eigenvalue weighted by molar-refractivity contribution is 0.254. The summed E-state index contributed by atoms with van der Waals surface area (Å²) in [5, 5.41) is 9.02. The van der Waals surface area contributed by atoms with Crippen LogP contribution in [0.5, 0.6) is 0 Å². The molecule has 0 amide bonds. The molecule has 0 aliphatic carbocycles. The summed E-state index contributed by atoms with van der Waals surface area (Å²) in [6.07, 6.45) is -0.686. The van der Waals surface area contributed by atoms with E-state index in [-0.39, 0.29) is 5.82 Å². The number of nitrogens with zero attached hydrogens (tertiary/aromatic N) is 1. The van der Waals surface area contributed by atoms with Crippen molar-refractivity contribution < 1.29 is 8.82 Å². The van der Waals surface area contributed by atoms with Crippen molar-refractivity contribution in [3.63, 3.8) is 0 Å². The van der Waals surface area contributed by atoms with Crippen LogP contribution < -0.4 is 0 Å². The third-order valence-corrected chi connectivity index (χ3v) is 3.42. The topological polar surface area (TPSA) is 33.0 Å². The summed E-state index contributed by atoms with van der Waals surface area (Å²) < 4.78 is 19.4. The summed E-state index contributed by atoms with van der Waals surface area (Å²) in [7, 11) is -1.81. The minimum Gasteiger partial charge on any atom is -0.399 e. The van der Waals surface area contributed by atoms with E-state index in [4.69, 9.17) is 9.69 Å².